The zero-order valence-corrected chi connectivity index (χ0v) is 15.6. The summed E-state index contributed by atoms with van der Waals surface area (Å²) in [5, 5.41) is 12.9. The minimum absolute atomic E-state index is 0.0135. The molecule has 1 aromatic carbocycles. The third-order valence-corrected chi connectivity index (χ3v) is 5.51. The van der Waals surface area contributed by atoms with E-state index in [4.69, 9.17) is 10.5 Å². The number of aliphatic hydroxyl groups is 1. The number of nitrogens with zero attached hydrogens (tertiary/aromatic N) is 1. The molecule has 3 rings (SSSR count). The van der Waals surface area contributed by atoms with E-state index in [1.807, 2.05) is 0 Å². The highest BCUT2D eigenvalue weighted by molar-refractivity contribution is 5.97. The molecule has 0 bridgehead atoms. The van der Waals surface area contributed by atoms with E-state index in [-0.39, 0.29) is 42.1 Å². The number of aliphatic hydroxyl groups excluding tert-OH is 1. The van der Waals surface area contributed by atoms with Gasteiger partial charge in [0.05, 0.1) is 24.8 Å². The van der Waals surface area contributed by atoms with Crippen LogP contribution < -0.4 is 15.8 Å². The lowest BCUT2D eigenvalue weighted by molar-refractivity contribution is -0.134. The molecule has 9 heteroatoms. The first kappa shape index (κ1) is 20.1. The number of ether oxygens (including phenoxy) is 1. The van der Waals surface area contributed by atoms with Gasteiger partial charge in [-0.1, -0.05) is 0 Å². The van der Waals surface area contributed by atoms with Crippen LogP contribution in [-0.4, -0.2) is 60.1 Å². The van der Waals surface area contributed by atoms with Crippen LogP contribution in [0, 0.1) is 17.7 Å². The molecule has 28 heavy (non-hydrogen) atoms. The molecule has 0 aromatic heterocycles. The van der Waals surface area contributed by atoms with E-state index in [1.54, 1.807) is 0 Å². The van der Waals surface area contributed by atoms with Gasteiger partial charge in [-0.15, -0.1) is 0 Å². The van der Waals surface area contributed by atoms with E-state index in [2.05, 4.69) is 5.32 Å². The van der Waals surface area contributed by atoms with Crippen molar-refractivity contribution in [2.75, 3.05) is 20.2 Å². The molecular formula is C19H24FN3O5. The summed E-state index contributed by atoms with van der Waals surface area (Å²) in [4.78, 5) is 38.0. The highest BCUT2D eigenvalue weighted by Crippen LogP contribution is 2.33. The number of β-amino-alcohol motifs (C(OH)–C–C–N with tert-alkyl or cyclic N) is 1. The Kier molecular flexibility index (Phi) is 5.83. The zero-order chi connectivity index (χ0) is 20.4. The quantitative estimate of drug-likeness (QED) is 0.652. The predicted octanol–water partition coefficient (Wildman–Crippen LogP) is 0.0374. The maximum absolute atomic E-state index is 13.5. The number of nitrogens with one attached hydrogen (secondary N) is 1. The fraction of sp³-hybridized carbons (Fsp3) is 0.526. The SMILES string of the molecule is COc1ccc(F)cc1C(=O)N[C@@H]1CN(C(=O)[C@@H]2CC[C@H](C(N)=O)C2)C[C@H]1O. The Hall–Kier alpha value is -2.68. The average molecular weight is 393 g/mol. The number of likely N-dealkylation sites (tertiary alicyclic amines) is 1. The smallest absolute Gasteiger partial charge is 0.255 e. The Balaban J connectivity index is 1.63. The number of primary amides is 1. The molecule has 1 aromatic rings. The van der Waals surface area contributed by atoms with Gasteiger partial charge in [0.15, 0.2) is 0 Å². The molecule has 1 saturated heterocycles. The number of carbonyl (C=O) groups excluding carboxylic acids is 3. The highest BCUT2D eigenvalue weighted by atomic mass is 19.1. The Morgan fingerprint density at radius 2 is 1.96 bits per heavy atom. The van der Waals surface area contributed by atoms with E-state index in [0.29, 0.717) is 19.3 Å². The van der Waals surface area contributed by atoms with Gasteiger partial charge < -0.3 is 25.8 Å². The zero-order valence-electron chi connectivity index (χ0n) is 15.6. The van der Waals surface area contributed by atoms with Crippen molar-refractivity contribution in [1.29, 1.82) is 0 Å². The molecular weight excluding hydrogens is 369 g/mol. The first-order chi connectivity index (χ1) is 13.3. The van der Waals surface area contributed by atoms with Crippen LogP contribution in [0.5, 0.6) is 5.75 Å². The van der Waals surface area contributed by atoms with Gasteiger partial charge in [0.25, 0.3) is 5.91 Å². The molecule has 1 heterocycles. The van der Waals surface area contributed by atoms with Crippen LogP contribution in [0.2, 0.25) is 0 Å². The van der Waals surface area contributed by atoms with E-state index in [1.165, 1.54) is 24.1 Å². The van der Waals surface area contributed by atoms with E-state index >= 15 is 0 Å². The van der Waals surface area contributed by atoms with E-state index < -0.39 is 29.8 Å². The first-order valence-corrected chi connectivity index (χ1v) is 9.20. The Morgan fingerprint density at radius 3 is 2.61 bits per heavy atom. The highest BCUT2D eigenvalue weighted by Gasteiger charge is 2.40. The topological polar surface area (TPSA) is 122 Å². The molecule has 1 saturated carbocycles. The predicted molar refractivity (Wildman–Crippen MR) is 96.8 cm³/mol. The van der Waals surface area contributed by atoms with Gasteiger partial charge in [-0.3, -0.25) is 14.4 Å². The number of nitrogens with two attached hydrogens (primary N) is 1. The van der Waals surface area contributed by atoms with Crippen molar-refractivity contribution in [3.05, 3.63) is 29.6 Å². The van der Waals surface area contributed by atoms with Gasteiger partial charge >= 0.3 is 0 Å². The van der Waals surface area contributed by atoms with Crippen molar-refractivity contribution < 1.29 is 28.6 Å². The van der Waals surface area contributed by atoms with Gasteiger partial charge in [0, 0.05) is 24.9 Å². The average Bonchev–Trinajstić information content (AvgIpc) is 3.29. The van der Waals surface area contributed by atoms with Gasteiger partial charge in [-0.05, 0) is 37.5 Å². The minimum atomic E-state index is -0.944. The Morgan fingerprint density at radius 1 is 1.25 bits per heavy atom. The molecule has 1 aliphatic heterocycles. The number of benzene rings is 1. The lowest BCUT2D eigenvalue weighted by Gasteiger charge is -2.20. The first-order valence-electron chi connectivity index (χ1n) is 9.20. The fourth-order valence-electron chi connectivity index (χ4n) is 3.93. The summed E-state index contributed by atoms with van der Waals surface area (Å²) in [6, 6.07) is 2.90. The lowest BCUT2D eigenvalue weighted by Crippen LogP contribution is -2.43. The van der Waals surface area contributed by atoms with Gasteiger partial charge in [-0.25, -0.2) is 4.39 Å². The number of amides is 3. The second-order valence-corrected chi connectivity index (χ2v) is 7.34. The maximum Gasteiger partial charge on any atom is 0.255 e. The van der Waals surface area contributed by atoms with Crippen molar-refractivity contribution in [3.63, 3.8) is 0 Å². The van der Waals surface area contributed by atoms with Crippen LogP contribution in [0.4, 0.5) is 4.39 Å². The van der Waals surface area contributed by atoms with E-state index in [0.717, 1.165) is 6.07 Å². The Labute approximate surface area is 161 Å². The minimum Gasteiger partial charge on any atom is -0.496 e. The molecule has 2 aliphatic rings. The van der Waals surface area contributed by atoms with Crippen LogP contribution in [0.1, 0.15) is 29.6 Å². The van der Waals surface area contributed by atoms with Crippen LogP contribution >= 0.6 is 0 Å². The standard InChI is InChI=1S/C19H24FN3O5/c1-28-16-5-4-12(20)7-13(16)18(26)22-14-8-23(9-15(14)24)19(27)11-3-2-10(6-11)17(21)25/h4-5,7,10-11,14-15,24H,2-3,6,8-9H2,1H3,(H2,21,25)(H,22,26)/t10-,11+,14+,15+/m0/s1. The third kappa shape index (κ3) is 4.09. The molecule has 1 aliphatic carbocycles. The molecule has 3 amide bonds. The summed E-state index contributed by atoms with van der Waals surface area (Å²) in [5.74, 6) is -2.11. The molecule has 4 N–H and O–H groups in total. The molecule has 0 spiro atoms. The van der Waals surface area contributed by atoms with Gasteiger partial charge in [0.1, 0.15) is 11.6 Å². The monoisotopic (exact) mass is 393 g/mol. The van der Waals surface area contributed by atoms with Crippen LogP contribution in [0.25, 0.3) is 0 Å². The maximum atomic E-state index is 13.5. The van der Waals surface area contributed by atoms with Crippen molar-refractivity contribution >= 4 is 17.7 Å². The molecule has 8 nitrogen and oxygen atoms in total. The van der Waals surface area contributed by atoms with Crippen LogP contribution in [-0.2, 0) is 9.59 Å². The molecule has 4 atom stereocenters. The van der Waals surface area contributed by atoms with Crippen molar-refractivity contribution in [1.82, 2.24) is 10.2 Å². The molecule has 0 unspecified atom stereocenters. The largest absolute Gasteiger partial charge is 0.496 e. The normalized spacial score (nSPS) is 26.9. The Bertz CT molecular complexity index is 787. The second kappa shape index (κ2) is 8.14. The second-order valence-electron chi connectivity index (χ2n) is 7.34. The van der Waals surface area contributed by atoms with Gasteiger partial charge in [0.2, 0.25) is 11.8 Å². The summed E-state index contributed by atoms with van der Waals surface area (Å²) in [5.41, 5.74) is 5.33. The number of hydrogen-bond acceptors (Lipinski definition) is 5. The number of carbonyl (C=O) groups is 3. The summed E-state index contributed by atoms with van der Waals surface area (Å²) in [6.07, 6.45) is 0.636. The van der Waals surface area contributed by atoms with Crippen molar-refractivity contribution in [2.45, 2.75) is 31.4 Å². The molecule has 152 valence electrons. The molecule has 0 radical (unpaired) electrons. The number of methoxy groups -OCH3 is 1. The van der Waals surface area contributed by atoms with Gasteiger partial charge in [-0.2, -0.15) is 0 Å². The molecule has 2 fully saturated rings. The number of rotatable bonds is 5. The summed E-state index contributed by atoms with van der Waals surface area (Å²) in [7, 11) is 1.37. The van der Waals surface area contributed by atoms with E-state index in [9.17, 15) is 23.9 Å². The number of hydrogen-bond donors (Lipinski definition) is 3. The van der Waals surface area contributed by atoms with Crippen molar-refractivity contribution in [3.8, 4) is 5.75 Å². The third-order valence-electron chi connectivity index (χ3n) is 5.51. The van der Waals surface area contributed by atoms with Crippen LogP contribution in [0.15, 0.2) is 18.2 Å². The fourth-order valence-corrected chi connectivity index (χ4v) is 3.93. The summed E-state index contributed by atoms with van der Waals surface area (Å²) in [6.45, 7) is 0.225. The van der Waals surface area contributed by atoms with Crippen LogP contribution in [0.3, 0.4) is 0 Å². The number of halogens is 1. The summed E-state index contributed by atoms with van der Waals surface area (Å²) >= 11 is 0. The van der Waals surface area contributed by atoms with Crippen molar-refractivity contribution in [2.24, 2.45) is 17.6 Å². The summed E-state index contributed by atoms with van der Waals surface area (Å²) < 4.78 is 18.6. The lowest BCUT2D eigenvalue weighted by atomic mass is 10.0.